The molecular weight excluding hydrogens is 769 g/mol. The second kappa shape index (κ2) is 49.0. The number of carbonyl (C=O) groups is 3. The number of carbonyl (C=O) groups excluding carboxylic acids is 3. The van der Waals surface area contributed by atoms with Crippen molar-refractivity contribution in [2.24, 2.45) is 0 Å². The Labute approximate surface area is 378 Å². The monoisotopic (exact) mass is 853 g/mol. The lowest BCUT2D eigenvalue weighted by Crippen LogP contribution is -2.30. The van der Waals surface area contributed by atoms with Crippen molar-refractivity contribution >= 4 is 17.9 Å². The molecule has 0 heterocycles. The van der Waals surface area contributed by atoms with Crippen LogP contribution in [0, 0.1) is 0 Å². The Hall–Kier alpha value is -4.71. The fourth-order valence-corrected chi connectivity index (χ4v) is 5.73. The molecule has 0 amide bonds. The van der Waals surface area contributed by atoms with Gasteiger partial charge in [-0.1, -0.05) is 205 Å². The molecule has 0 aromatic carbocycles. The predicted octanol–water partition coefficient (Wildman–Crippen LogP) is 15.7. The minimum Gasteiger partial charge on any atom is -0.462 e. The first-order chi connectivity index (χ1) is 30.5. The van der Waals surface area contributed by atoms with Crippen LogP contribution in [0.25, 0.3) is 0 Å². The SMILES string of the molecule is CC\C=C/C=C\C=C/C=C\C=C/CCCCCC(=O)OC(COC(=O)CCC/C=C\C/C=C\C/C=C\CC)COC(=O)CCCCCCC\C=C/C=C\C=C/C=C\CCCCC. The molecule has 0 rings (SSSR count). The van der Waals surface area contributed by atoms with Crippen LogP contribution in [-0.4, -0.2) is 37.2 Å². The molecule has 0 aromatic rings. The Morgan fingerprint density at radius 1 is 0.355 bits per heavy atom. The summed E-state index contributed by atoms with van der Waals surface area (Å²) in [6.45, 7) is 6.19. The Morgan fingerprint density at radius 2 is 0.726 bits per heavy atom. The first-order valence-electron chi connectivity index (χ1n) is 24.0. The van der Waals surface area contributed by atoms with Crippen molar-refractivity contribution in [1.82, 2.24) is 0 Å². The van der Waals surface area contributed by atoms with Crippen molar-refractivity contribution in [3.8, 4) is 0 Å². The first-order valence-corrected chi connectivity index (χ1v) is 24.0. The van der Waals surface area contributed by atoms with E-state index in [9.17, 15) is 14.4 Å². The molecule has 0 N–H and O–H groups in total. The van der Waals surface area contributed by atoms with Gasteiger partial charge in [-0.3, -0.25) is 14.4 Å². The molecule has 0 saturated carbocycles. The number of ether oxygens (including phenoxy) is 3. The fraction of sp³-hybridized carbons (Fsp3) is 0.518. The molecule has 0 aliphatic rings. The lowest BCUT2D eigenvalue weighted by molar-refractivity contribution is -0.167. The van der Waals surface area contributed by atoms with Crippen molar-refractivity contribution in [1.29, 1.82) is 0 Å². The minimum absolute atomic E-state index is 0.131. The molecule has 0 aromatic heterocycles. The molecule has 0 spiro atoms. The molecule has 0 bridgehead atoms. The molecule has 1 unspecified atom stereocenters. The van der Waals surface area contributed by atoms with Crippen LogP contribution in [0.3, 0.4) is 0 Å². The molecule has 0 saturated heterocycles. The Morgan fingerprint density at radius 3 is 1.24 bits per heavy atom. The van der Waals surface area contributed by atoms with Gasteiger partial charge in [0.2, 0.25) is 0 Å². The van der Waals surface area contributed by atoms with Gasteiger partial charge in [-0.25, -0.2) is 0 Å². The third-order valence-electron chi connectivity index (χ3n) is 9.28. The normalized spacial score (nSPS) is 13.4. The molecule has 6 heteroatoms. The topological polar surface area (TPSA) is 78.9 Å². The Bertz CT molecular complexity index is 1440. The van der Waals surface area contributed by atoms with Crippen LogP contribution in [0.5, 0.6) is 0 Å². The number of esters is 3. The number of hydrogen-bond acceptors (Lipinski definition) is 6. The number of allylic oxidation sites excluding steroid dienone is 24. The summed E-state index contributed by atoms with van der Waals surface area (Å²) >= 11 is 0. The number of hydrogen-bond donors (Lipinski definition) is 0. The van der Waals surface area contributed by atoms with Crippen LogP contribution >= 0.6 is 0 Å². The first kappa shape index (κ1) is 57.3. The van der Waals surface area contributed by atoms with Gasteiger partial charge >= 0.3 is 17.9 Å². The molecule has 0 radical (unpaired) electrons. The van der Waals surface area contributed by atoms with E-state index in [0.717, 1.165) is 96.3 Å². The van der Waals surface area contributed by atoms with Crippen LogP contribution in [-0.2, 0) is 28.6 Å². The van der Waals surface area contributed by atoms with Crippen LogP contribution in [0.4, 0.5) is 0 Å². The summed E-state index contributed by atoms with van der Waals surface area (Å²) in [5.74, 6) is -1.07. The standard InChI is InChI=1S/C56H84O6/c1-4-7-10-13-16-19-22-24-26-27-28-30-31-34-37-40-43-46-49-55(58)61-52-53(51-60-54(57)48-45-42-39-36-33-21-18-15-12-9-6-3)62-56(59)50-47-44-41-38-35-32-29-25-23-20-17-14-11-8-5-2/h8-9,11-12,14,16-30,32,35-36,39,53H,4-7,10,13,15,31,33-34,37-38,40-52H2,1-3H3/b11-8-,12-9-,17-14-,19-16-,21-18-,23-20-,24-22-,27-26-,29-25-,30-28-,35-32-,39-36-. The van der Waals surface area contributed by atoms with E-state index in [1.165, 1.54) is 19.3 Å². The van der Waals surface area contributed by atoms with E-state index in [0.29, 0.717) is 19.3 Å². The van der Waals surface area contributed by atoms with Gasteiger partial charge in [0.05, 0.1) is 0 Å². The number of unbranched alkanes of at least 4 members (excludes halogenated alkanes) is 12. The molecular formula is C56H84O6. The zero-order valence-corrected chi connectivity index (χ0v) is 39.1. The third kappa shape index (κ3) is 46.4. The van der Waals surface area contributed by atoms with Gasteiger partial charge in [0, 0.05) is 19.3 Å². The summed E-state index contributed by atoms with van der Waals surface area (Å²) in [7, 11) is 0. The van der Waals surface area contributed by atoms with Crippen molar-refractivity contribution in [2.75, 3.05) is 13.2 Å². The van der Waals surface area contributed by atoms with Gasteiger partial charge in [-0.15, -0.1) is 0 Å². The van der Waals surface area contributed by atoms with Crippen molar-refractivity contribution < 1.29 is 28.6 Å². The van der Waals surface area contributed by atoms with E-state index >= 15 is 0 Å². The van der Waals surface area contributed by atoms with Gasteiger partial charge in [0.15, 0.2) is 6.10 Å². The van der Waals surface area contributed by atoms with Crippen LogP contribution in [0.1, 0.15) is 168 Å². The van der Waals surface area contributed by atoms with E-state index in [2.05, 4.69) is 118 Å². The molecule has 6 nitrogen and oxygen atoms in total. The smallest absolute Gasteiger partial charge is 0.306 e. The zero-order chi connectivity index (χ0) is 45.1. The summed E-state index contributed by atoms with van der Waals surface area (Å²) in [4.78, 5) is 37.8. The van der Waals surface area contributed by atoms with E-state index < -0.39 is 6.10 Å². The summed E-state index contributed by atoms with van der Waals surface area (Å²) in [5, 5.41) is 0. The summed E-state index contributed by atoms with van der Waals surface area (Å²) in [6, 6.07) is 0. The molecule has 0 aliphatic heterocycles. The highest BCUT2D eigenvalue weighted by molar-refractivity contribution is 5.71. The molecule has 62 heavy (non-hydrogen) atoms. The van der Waals surface area contributed by atoms with E-state index in [1.54, 1.807) is 0 Å². The fourth-order valence-electron chi connectivity index (χ4n) is 5.73. The largest absolute Gasteiger partial charge is 0.462 e. The molecule has 344 valence electrons. The highest BCUT2D eigenvalue weighted by atomic mass is 16.6. The molecule has 1 atom stereocenters. The maximum Gasteiger partial charge on any atom is 0.306 e. The molecule has 0 aliphatic carbocycles. The summed E-state index contributed by atoms with van der Waals surface area (Å²) in [5.41, 5.74) is 0. The van der Waals surface area contributed by atoms with Gasteiger partial charge in [-0.2, -0.15) is 0 Å². The maximum atomic E-state index is 12.7. The average Bonchev–Trinajstić information content (AvgIpc) is 3.27. The second-order valence-electron chi connectivity index (χ2n) is 15.1. The Kier molecular flexibility index (Phi) is 45.2. The van der Waals surface area contributed by atoms with Gasteiger partial charge in [-0.05, 0) is 89.9 Å². The summed E-state index contributed by atoms with van der Waals surface area (Å²) in [6.07, 6.45) is 69.7. The lowest BCUT2D eigenvalue weighted by atomic mass is 10.1. The van der Waals surface area contributed by atoms with Crippen molar-refractivity contribution in [3.63, 3.8) is 0 Å². The molecule has 0 fully saturated rings. The maximum absolute atomic E-state index is 12.7. The third-order valence-corrected chi connectivity index (χ3v) is 9.28. The van der Waals surface area contributed by atoms with E-state index in [4.69, 9.17) is 14.2 Å². The van der Waals surface area contributed by atoms with Gasteiger partial charge < -0.3 is 14.2 Å². The van der Waals surface area contributed by atoms with E-state index in [1.807, 2.05) is 48.6 Å². The van der Waals surface area contributed by atoms with Gasteiger partial charge in [0.25, 0.3) is 0 Å². The van der Waals surface area contributed by atoms with Crippen LogP contribution < -0.4 is 0 Å². The highest BCUT2D eigenvalue weighted by Gasteiger charge is 2.19. The van der Waals surface area contributed by atoms with Crippen molar-refractivity contribution in [2.45, 2.75) is 175 Å². The Balaban J connectivity index is 4.59. The zero-order valence-electron chi connectivity index (χ0n) is 39.1. The average molecular weight is 853 g/mol. The van der Waals surface area contributed by atoms with Crippen molar-refractivity contribution in [3.05, 3.63) is 146 Å². The van der Waals surface area contributed by atoms with Gasteiger partial charge in [0.1, 0.15) is 13.2 Å². The predicted molar refractivity (Wildman–Crippen MR) is 265 cm³/mol. The van der Waals surface area contributed by atoms with E-state index in [-0.39, 0.29) is 44.0 Å². The second-order valence-corrected chi connectivity index (χ2v) is 15.1. The van der Waals surface area contributed by atoms with Crippen LogP contribution in [0.15, 0.2) is 146 Å². The van der Waals surface area contributed by atoms with Crippen LogP contribution in [0.2, 0.25) is 0 Å². The quantitative estimate of drug-likeness (QED) is 0.0201. The number of rotatable bonds is 40. The highest BCUT2D eigenvalue weighted by Crippen LogP contribution is 2.11. The summed E-state index contributed by atoms with van der Waals surface area (Å²) < 4.78 is 16.6. The lowest BCUT2D eigenvalue weighted by Gasteiger charge is -2.18. The minimum atomic E-state index is -0.836.